The van der Waals surface area contributed by atoms with Gasteiger partial charge in [-0.25, -0.2) is 0 Å². The highest BCUT2D eigenvalue weighted by atomic mass is 15.2. The van der Waals surface area contributed by atoms with Crippen LogP contribution in [0.2, 0.25) is 0 Å². The smallest absolute Gasteiger partial charge is 0.0119 e. The number of hydrogen-bond donors (Lipinski definition) is 1. The first-order chi connectivity index (χ1) is 8.08. The zero-order valence-electron chi connectivity index (χ0n) is 12.6. The van der Waals surface area contributed by atoms with Crippen LogP contribution in [0.5, 0.6) is 0 Å². The summed E-state index contributed by atoms with van der Waals surface area (Å²) in [4.78, 5) is 2.76. The molecule has 0 spiro atoms. The van der Waals surface area contributed by atoms with E-state index in [1.165, 1.54) is 38.8 Å². The van der Waals surface area contributed by atoms with Crippen molar-refractivity contribution in [1.82, 2.24) is 10.2 Å². The maximum absolute atomic E-state index is 3.40. The molecule has 1 rings (SSSR count). The van der Waals surface area contributed by atoms with E-state index >= 15 is 0 Å². The molecule has 0 bridgehead atoms. The van der Waals surface area contributed by atoms with Gasteiger partial charge in [0.2, 0.25) is 0 Å². The fraction of sp³-hybridized carbons (Fsp3) is 1.00. The van der Waals surface area contributed by atoms with Crippen LogP contribution in [0.15, 0.2) is 0 Å². The number of rotatable bonds is 7. The minimum absolute atomic E-state index is 0.478. The quantitative estimate of drug-likeness (QED) is 0.735. The highest BCUT2D eigenvalue weighted by molar-refractivity contribution is 4.89. The van der Waals surface area contributed by atoms with E-state index in [4.69, 9.17) is 0 Å². The van der Waals surface area contributed by atoms with Crippen molar-refractivity contribution in [2.75, 3.05) is 26.7 Å². The Morgan fingerprint density at radius 3 is 2.41 bits per heavy atom. The van der Waals surface area contributed by atoms with E-state index in [-0.39, 0.29) is 0 Å². The molecule has 17 heavy (non-hydrogen) atoms. The maximum atomic E-state index is 3.40. The Labute approximate surface area is 108 Å². The van der Waals surface area contributed by atoms with Crippen molar-refractivity contribution >= 4 is 0 Å². The van der Waals surface area contributed by atoms with Gasteiger partial charge >= 0.3 is 0 Å². The van der Waals surface area contributed by atoms with Crippen LogP contribution in [0.4, 0.5) is 0 Å². The van der Waals surface area contributed by atoms with Crippen LogP contribution in [-0.2, 0) is 0 Å². The monoisotopic (exact) mass is 240 g/mol. The molecule has 1 fully saturated rings. The molecule has 0 aliphatic carbocycles. The zero-order chi connectivity index (χ0) is 12.9. The first-order valence-electron chi connectivity index (χ1n) is 7.47. The van der Waals surface area contributed by atoms with Crippen LogP contribution < -0.4 is 5.32 Å². The first kappa shape index (κ1) is 15.0. The van der Waals surface area contributed by atoms with Crippen molar-refractivity contribution in [3.05, 3.63) is 0 Å². The van der Waals surface area contributed by atoms with Crippen LogP contribution in [-0.4, -0.2) is 37.6 Å². The minimum atomic E-state index is 0.478. The third kappa shape index (κ3) is 3.69. The fourth-order valence-corrected chi connectivity index (χ4v) is 3.39. The van der Waals surface area contributed by atoms with Gasteiger partial charge in [0.1, 0.15) is 0 Å². The molecule has 1 unspecified atom stereocenters. The molecule has 1 aliphatic rings. The van der Waals surface area contributed by atoms with Crippen LogP contribution in [0.1, 0.15) is 53.4 Å². The first-order valence-corrected chi connectivity index (χ1v) is 7.47. The van der Waals surface area contributed by atoms with Crippen molar-refractivity contribution < 1.29 is 0 Å². The molecular formula is C15H32N2. The summed E-state index contributed by atoms with van der Waals surface area (Å²) in [5, 5.41) is 3.40. The molecule has 2 heteroatoms. The van der Waals surface area contributed by atoms with Gasteiger partial charge in [-0.3, -0.25) is 4.90 Å². The summed E-state index contributed by atoms with van der Waals surface area (Å²) in [6.07, 6.45) is 5.37. The second-order valence-corrected chi connectivity index (χ2v) is 6.16. The summed E-state index contributed by atoms with van der Waals surface area (Å²) in [6, 6.07) is 0.823. The average molecular weight is 240 g/mol. The van der Waals surface area contributed by atoms with Gasteiger partial charge in [-0.2, -0.15) is 0 Å². The minimum Gasteiger partial charge on any atom is -0.319 e. The third-order valence-corrected chi connectivity index (χ3v) is 4.77. The Kier molecular flexibility index (Phi) is 5.94. The molecule has 0 amide bonds. The standard InChI is InChI=1S/C15H32N2/c1-6-15(7-2,11-16-5)12-17-10-8-9-14(17)13(3)4/h13-14,16H,6-12H2,1-5H3. The van der Waals surface area contributed by atoms with Gasteiger partial charge in [-0.15, -0.1) is 0 Å². The SMILES string of the molecule is CCC(CC)(CNC)CN1CCCC1C(C)C. The van der Waals surface area contributed by atoms with E-state index in [1.54, 1.807) is 0 Å². The fourth-order valence-electron chi connectivity index (χ4n) is 3.39. The molecule has 0 aromatic heterocycles. The molecule has 1 N–H and O–H groups in total. The van der Waals surface area contributed by atoms with Gasteiger partial charge < -0.3 is 5.32 Å². The lowest BCUT2D eigenvalue weighted by Crippen LogP contribution is -2.45. The van der Waals surface area contributed by atoms with Crippen LogP contribution in [0.25, 0.3) is 0 Å². The lowest BCUT2D eigenvalue weighted by atomic mass is 9.81. The number of likely N-dealkylation sites (tertiary alicyclic amines) is 1. The molecule has 102 valence electrons. The summed E-state index contributed by atoms with van der Waals surface area (Å²) in [7, 11) is 2.09. The summed E-state index contributed by atoms with van der Waals surface area (Å²) >= 11 is 0. The molecular weight excluding hydrogens is 208 g/mol. The summed E-state index contributed by atoms with van der Waals surface area (Å²) in [5.74, 6) is 0.804. The molecule has 1 saturated heterocycles. The molecule has 1 atom stereocenters. The summed E-state index contributed by atoms with van der Waals surface area (Å²) < 4.78 is 0. The number of nitrogens with zero attached hydrogens (tertiary/aromatic N) is 1. The lowest BCUT2D eigenvalue weighted by Gasteiger charge is -2.39. The molecule has 0 aromatic rings. The zero-order valence-corrected chi connectivity index (χ0v) is 12.6. The van der Waals surface area contributed by atoms with E-state index in [1.807, 2.05) is 0 Å². The van der Waals surface area contributed by atoms with Gasteiger partial charge in [0.25, 0.3) is 0 Å². The Morgan fingerprint density at radius 2 is 1.94 bits per heavy atom. The summed E-state index contributed by atoms with van der Waals surface area (Å²) in [5.41, 5.74) is 0.478. The lowest BCUT2D eigenvalue weighted by molar-refractivity contribution is 0.108. The van der Waals surface area contributed by atoms with Crippen molar-refractivity contribution in [3.8, 4) is 0 Å². The third-order valence-electron chi connectivity index (χ3n) is 4.77. The predicted octanol–water partition coefficient (Wildman–Crippen LogP) is 3.13. The van der Waals surface area contributed by atoms with Gasteiger partial charge in [0, 0.05) is 19.1 Å². The highest BCUT2D eigenvalue weighted by Crippen LogP contribution is 2.32. The maximum Gasteiger partial charge on any atom is 0.0119 e. The van der Waals surface area contributed by atoms with Gasteiger partial charge in [-0.05, 0) is 50.6 Å². The van der Waals surface area contributed by atoms with E-state index in [0.29, 0.717) is 5.41 Å². The van der Waals surface area contributed by atoms with Gasteiger partial charge in [0.05, 0.1) is 0 Å². The van der Waals surface area contributed by atoms with E-state index < -0.39 is 0 Å². The molecule has 2 nitrogen and oxygen atoms in total. The van der Waals surface area contributed by atoms with Crippen LogP contribution in [0.3, 0.4) is 0 Å². The molecule has 1 heterocycles. The molecule has 0 aromatic carbocycles. The Morgan fingerprint density at radius 1 is 1.29 bits per heavy atom. The average Bonchev–Trinajstić information content (AvgIpc) is 2.76. The van der Waals surface area contributed by atoms with Gasteiger partial charge in [-0.1, -0.05) is 27.7 Å². The van der Waals surface area contributed by atoms with E-state index in [0.717, 1.165) is 18.5 Å². The van der Waals surface area contributed by atoms with Crippen molar-refractivity contribution in [3.63, 3.8) is 0 Å². The van der Waals surface area contributed by atoms with Crippen molar-refractivity contribution in [1.29, 1.82) is 0 Å². The Hall–Kier alpha value is -0.0800. The molecule has 1 aliphatic heterocycles. The Bertz CT molecular complexity index is 209. The second kappa shape index (κ2) is 6.75. The van der Waals surface area contributed by atoms with Crippen molar-refractivity contribution in [2.24, 2.45) is 11.3 Å². The molecule has 0 saturated carbocycles. The van der Waals surface area contributed by atoms with Crippen molar-refractivity contribution in [2.45, 2.75) is 59.4 Å². The largest absolute Gasteiger partial charge is 0.319 e. The second-order valence-electron chi connectivity index (χ2n) is 6.16. The highest BCUT2D eigenvalue weighted by Gasteiger charge is 2.34. The number of hydrogen-bond acceptors (Lipinski definition) is 2. The van der Waals surface area contributed by atoms with E-state index in [2.05, 4.69) is 45.0 Å². The normalized spacial score (nSPS) is 22.6. The Balaban J connectivity index is 2.65. The van der Waals surface area contributed by atoms with Crippen LogP contribution >= 0.6 is 0 Å². The topological polar surface area (TPSA) is 15.3 Å². The number of nitrogens with one attached hydrogen (secondary N) is 1. The predicted molar refractivity (Wildman–Crippen MR) is 76.4 cm³/mol. The van der Waals surface area contributed by atoms with Crippen LogP contribution in [0, 0.1) is 11.3 Å². The van der Waals surface area contributed by atoms with E-state index in [9.17, 15) is 0 Å². The summed E-state index contributed by atoms with van der Waals surface area (Å²) in [6.45, 7) is 13.2. The molecule has 0 radical (unpaired) electrons. The van der Waals surface area contributed by atoms with Gasteiger partial charge in [0.15, 0.2) is 0 Å².